The van der Waals surface area contributed by atoms with Gasteiger partial charge in [0.05, 0.1) is 29.2 Å². The first-order valence-corrected chi connectivity index (χ1v) is 9.29. The summed E-state index contributed by atoms with van der Waals surface area (Å²) in [6.07, 6.45) is 4.76. The minimum absolute atomic E-state index is 0.248. The van der Waals surface area contributed by atoms with E-state index in [0.29, 0.717) is 28.7 Å². The van der Waals surface area contributed by atoms with E-state index in [1.54, 1.807) is 29.2 Å². The van der Waals surface area contributed by atoms with Crippen molar-refractivity contribution in [2.24, 2.45) is 0 Å². The Kier molecular flexibility index (Phi) is 4.87. The van der Waals surface area contributed by atoms with Crippen molar-refractivity contribution < 1.29 is 9.18 Å². The summed E-state index contributed by atoms with van der Waals surface area (Å²) >= 11 is 3.36. The molecule has 6 nitrogen and oxygen atoms in total. The van der Waals surface area contributed by atoms with E-state index in [1.165, 1.54) is 18.3 Å². The summed E-state index contributed by atoms with van der Waals surface area (Å²) in [5, 5.41) is 7.91. The monoisotopic (exact) mass is 439 g/mol. The molecule has 0 radical (unpaired) electrons. The fourth-order valence-electron chi connectivity index (χ4n) is 2.99. The number of pyridine rings is 2. The van der Waals surface area contributed by atoms with Crippen molar-refractivity contribution in [2.45, 2.75) is 13.5 Å². The second-order valence-electron chi connectivity index (χ2n) is 6.27. The second-order valence-corrected chi connectivity index (χ2v) is 7.09. The van der Waals surface area contributed by atoms with E-state index in [0.717, 1.165) is 15.9 Å². The molecular weight excluding hydrogens is 425 g/mol. The van der Waals surface area contributed by atoms with Gasteiger partial charge in [-0.2, -0.15) is 5.10 Å². The number of hydrogen-bond donors (Lipinski definition) is 1. The molecule has 1 N–H and O–H groups in total. The van der Waals surface area contributed by atoms with Gasteiger partial charge in [-0.25, -0.2) is 14.1 Å². The molecule has 1 aromatic carbocycles. The first-order chi connectivity index (χ1) is 13.5. The normalized spacial score (nSPS) is 11.0. The molecule has 0 fully saturated rings. The number of fused-ring (bicyclic) bond motifs is 1. The number of halogens is 2. The van der Waals surface area contributed by atoms with E-state index in [2.05, 4.69) is 36.3 Å². The van der Waals surface area contributed by atoms with E-state index in [-0.39, 0.29) is 11.7 Å². The highest BCUT2D eigenvalue weighted by molar-refractivity contribution is 9.10. The summed E-state index contributed by atoms with van der Waals surface area (Å²) < 4.78 is 15.5. The number of aromatic nitrogens is 4. The van der Waals surface area contributed by atoms with Gasteiger partial charge < -0.3 is 5.32 Å². The minimum Gasteiger partial charge on any atom is -0.348 e. The Bertz CT molecular complexity index is 1150. The van der Waals surface area contributed by atoms with Crippen molar-refractivity contribution in [3.05, 3.63) is 82.2 Å². The Labute approximate surface area is 168 Å². The summed E-state index contributed by atoms with van der Waals surface area (Å²) in [5.41, 5.74) is 3.59. The number of carbonyl (C=O) groups is 1. The molecular formula is C20H15BrFN5O. The van der Waals surface area contributed by atoms with Crippen LogP contribution in [0.1, 0.15) is 21.6 Å². The van der Waals surface area contributed by atoms with E-state index < -0.39 is 0 Å². The molecule has 0 bridgehead atoms. The lowest BCUT2D eigenvalue weighted by atomic mass is 10.1. The molecule has 28 heavy (non-hydrogen) atoms. The topological polar surface area (TPSA) is 72.7 Å². The number of rotatable bonds is 4. The quantitative estimate of drug-likeness (QED) is 0.488. The van der Waals surface area contributed by atoms with E-state index >= 15 is 0 Å². The number of hydrogen-bond acceptors (Lipinski definition) is 4. The van der Waals surface area contributed by atoms with E-state index in [4.69, 9.17) is 0 Å². The van der Waals surface area contributed by atoms with Gasteiger partial charge in [-0.15, -0.1) is 0 Å². The SMILES string of the molecule is Cc1cc(CNC(=O)c2cncc3c2cnn3-c2ccc(F)cc2)cc(Br)n1. The standard InChI is InChI=1S/C20H15BrFN5O/c1-12-6-13(7-19(21)26-12)8-24-20(28)17-9-23-11-18-16(17)10-25-27(18)15-4-2-14(22)3-5-15/h2-7,9-11H,8H2,1H3,(H,24,28). The number of nitrogens with zero attached hydrogens (tertiary/aromatic N) is 4. The highest BCUT2D eigenvalue weighted by Gasteiger charge is 2.15. The highest BCUT2D eigenvalue weighted by atomic mass is 79.9. The molecule has 0 saturated carbocycles. The van der Waals surface area contributed by atoms with Crippen LogP contribution in [0.5, 0.6) is 0 Å². The smallest absolute Gasteiger partial charge is 0.253 e. The largest absolute Gasteiger partial charge is 0.348 e. The van der Waals surface area contributed by atoms with Crippen molar-refractivity contribution >= 4 is 32.7 Å². The molecule has 0 aliphatic rings. The van der Waals surface area contributed by atoms with Crippen LogP contribution >= 0.6 is 15.9 Å². The average molecular weight is 440 g/mol. The number of amides is 1. The first-order valence-electron chi connectivity index (χ1n) is 8.50. The lowest BCUT2D eigenvalue weighted by molar-refractivity contribution is 0.0952. The number of carbonyl (C=O) groups excluding carboxylic acids is 1. The zero-order valence-electron chi connectivity index (χ0n) is 14.9. The molecule has 0 atom stereocenters. The average Bonchev–Trinajstić information content (AvgIpc) is 3.10. The fraction of sp³-hybridized carbons (Fsp3) is 0.100. The summed E-state index contributed by atoms with van der Waals surface area (Å²) in [6, 6.07) is 9.74. The molecule has 0 aliphatic heterocycles. The predicted molar refractivity (Wildman–Crippen MR) is 107 cm³/mol. The lowest BCUT2D eigenvalue weighted by Crippen LogP contribution is -2.23. The molecule has 8 heteroatoms. The van der Waals surface area contributed by atoms with Gasteiger partial charge in [0.1, 0.15) is 10.4 Å². The Morgan fingerprint density at radius 3 is 2.71 bits per heavy atom. The van der Waals surface area contributed by atoms with Crippen molar-refractivity contribution in [3.63, 3.8) is 0 Å². The van der Waals surface area contributed by atoms with Crippen LogP contribution in [0.4, 0.5) is 4.39 Å². The molecule has 0 aliphatic carbocycles. The van der Waals surface area contributed by atoms with Crippen LogP contribution in [0.15, 0.2) is 59.6 Å². The zero-order chi connectivity index (χ0) is 19.7. The Morgan fingerprint density at radius 2 is 1.96 bits per heavy atom. The molecule has 0 unspecified atom stereocenters. The molecule has 140 valence electrons. The number of nitrogens with one attached hydrogen (secondary N) is 1. The van der Waals surface area contributed by atoms with Crippen molar-refractivity contribution in [2.75, 3.05) is 0 Å². The maximum atomic E-state index is 13.2. The van der Waals surface area contributed by atoms with Gasteiger partial charge in [-0.3, -0.25) is 9.78 Å². The molecule has 1 amide bonds. The van der Waals surface area contributed by atoms with Crippen LogP contribution in [0.25, 0.3) is 16.6 Å². The van der Waals surface area contributed by atoms with Gasteiger partial charge >= 0.3 is 0 Å². The van der Waals surface area contributed by atoms with Crippen molar-refractivity contribution in [3.8, 4) is 5.69 Å². The Hall–Kier alpha value is -3.13. The van der Waals surface area contributed by atoms with Crippen LogP contribution in [-0.4, -0.2) is 25.7 Å². The number of aryl methyl sites for hydroxylation is 1. The van der Waals surface area contributed by atoms with Crippen LogP contribution in [-0.2, 0) is 6.54 Å². The summed E-state index contributed by atoms with van der Waals surface area (Å²) in [5.74, 6) is -0.571. The third-order valence-electron chi connectivity index (χ3n) is 4.25. The molecule has 0 spiro atoms. The van der Waals surface area contributed by atoms with E-state index in [9.17, 15) is 9.18 Å². The van der Waals surface area contributed by atoms with Crippen LogP contribution in [0.3, 0.4) is 0 Å². The number of benzene rings is 1. The van der Waals surface area contributed by atoms with Crippen LogP contribution in [0, 0.1) is 12.7 Å². The van der Waals surface area contributed by atoms with Gasteiger partial charge in [0.15, 0.2) is 0 Å². The summed E-state index contributed by atoms with van der Waals surface area (Å²) in [7, 11) is 0. The Morgan fingerprint density at radius 1 is 1.18 bits per heavy atom. The molecule has 3 aromatic heterocycles. The van der Waals surface area contributed by atoms with Gasteiger partial charge in [-0.1, -0.05) is 0 Å². The second kappa shape index (κ2) is 7.47. The fourth-order valence-corrected chi connectivity index (χ4v) is 3.56. The lowest BCUT2D eigenvalue weighted by Gasteiger charge is -2.08. The summed E-state index contributed by atoms with van der Waals surface area (Å²) in [6.45, 7) is 2.26. The predicted octanol–water partition coefficient (Wildman–Crippen LogP) is 3.96. The van der Waals surface area contributed by atoms with Gasteiger partial charge in [0.2, 0.25) is 0 Å². The van der Waals surface area contributed by atoms with Gasteiger partial charge in [0, 0.05) is 23.8 Å². The third kappa shape index (κ3) is 3.63. The van der Waals surface area contributed by atoms with Gasteiger partial charge in [0.25, 0.3) is 5.91 Å². The highest BCUT2D eigenvalue weighted by Crippen LogP contribution is 2.21. The van der Waals surface area contributed by atoms with Crippen LogP contribution < -0.4 is 5.32 Å². The first kappa shape index (κ1) is 18.2. The minimum atomic E-state index is -0.323. The van der Waals surface area contributed by atoms with E-state index in [1.807, 2.05) is 19.1 Å². The zero-order valence-corrected chi connectivity index (χ0v) is 16.4. The molecule has 3 heterocycles. The molecule has 0 saturated heterocycles. The van der Waals surface area contributed by atoms with Crippen molar-refractivity contribution in [1.29, 1.82) is 0 Å². The maximum Gasteiger partial charge on any atom is 0.253 e. The molecule has 4 rings (SSSR count). The molecule has 4 aromatic rings. The summed E-state index contributed by atoms with van der Waals surface area (Å²) in [4.78, 5) is 21.2. The van der Waals surface area contributed by atoms with Gasteiger partial charge in [-0.05, 0) is 64.8 Å². The van der Waals surface area contributed by atoms with Crippen LogP contribution in [0.2, 0.25) is 0 Å². The maximum absolute atomic E-state index is 13.2. The van der Waals surface area contributed by atoms with Crippen molar-refractivity contribution in [1.82, 2.24) is 25.1 Å². The third-order valence-corrected chi connectivity index (χ3v) is 4.65. The Balaban J connectivity index is 1.62.